The molecule has 1 heterocycles. The Balaban J connectivity index is 1.15. The summed E-state index contributed by atoms with van der Waals surface area (Å²) in [5, 5.41) is 8.68. The molecule has 10 heteroatoms. The number of methoxy groups -OCH3 is 1. The lowest BCUT2D eigenvalue weighted by atomic mass is 9.83. The van der Waals surface area contributed by atoms with Gasteiger partial charge in [-0.1, -0.05) is 78.9 Å². The predicted molar refractivity (Wildman–Crippen MR) is 209 cm³/mol. The molecular formula is C42H39N3O5S2. The molecule has 264 valence electrons. The summed E-state index contributed by atoms with van der Waals surface area (Å²) in [6.07, 6.45) is 4.09. The first kappa shape index (κ1) is 36.3. The minimum absolute atomic E-state index is 0.0871. The van der Waals surface area contributed by atoms with Crippen molar-refractivity contribution in [2.75, 3.05) is 17.7 Å². The number of hydrogen-bond donors (Lipinski definition) is 3. The molecule has 8 nitrogen and oxygen atoms in total. The summed E-state index contributed by atoms with van der Waals surface area (Å²) in [6.45, 7) is 3.73. The van der Waals surface area contributed by atoms with E-state index >= 15 is 0 Å². The molecule has 0 fully saturated rings. The topological polar surface area (TPSA) is 114 Å². The number of carbonyl (C=O) groups excluding carboxylic acids is 4. The lowest BCUT2D eigenvalue weighted by Crippen LogP contribution is -2.30. The van der Waals surface area contributed by atoms with E-state index in [2.05, 4.69) is 28.1 Å². The van der Waals surface area contributed by atoms with Crippen LogP contribution in [0.3, 0.4) is 0 Å². The molecule has 0 radical (unpaired) electrons. The number of thiophene rings is 1. The number of nitrogens with one attached hydrogen (secondary N) is 3. The van der Waals surface area contributed by atoms with E-state index in [0.717, 1.165) is 45.7 Å². The molecule has 5 aromatic rings. The van der Waals surface area contributed by atoms with Crippen LogP contribution in [0.5, 0.6) is 0 Å². The van der Waals surface area contributed by atoms with Crippen molar-refractivity contribution in [1.82, 2.24) is 5.32 Å². The smallest absolute Gasteiger partial charge is 0.341 e. The quantitative estimate of drug-likeness (QED) is 0.0713. The maximum atomic E-state index is 13.6. The van der Waals surface area contributed by atoms with E-state index in [1.807, 2.05) is 61.5 Å². The van der Waals surface area contributed by atoms with Gasteiger partial charge in [-0.25, -0.2) is 4.79 Å². The van der Waals surface area contributed by atoms with Gasteiger partial charge in [-0.2, -0.15) is 0 Å². The molecule has 1 aromatic heterocycles. The fourth-order valence-corrected chi connectivity index (χ4v) is 8.41. The molecule has 1 aliphatic carbocycles. The molecule has 0 saturated heterocycles. The lowest BCUT2D eigenvalue weighted by molar-refractivity contribution is -0.115. The summed E-state index contributed by atoms with van der Waals surface area (Å²) in [6, 6.07) is 33.8. The second kappa shape index (κ2) is 16.7. The fraction of sp³-hybridized carbons (Fsp3) is 0.190. The van der Waals surface area contributed by atoms with Crippen molar-refractivity contribution in [3.8, 4) is 0 Å². The van der Waals surface area contributed by atoms with Crippen LogP contribution in [0.4, 0.5) is 10.7 Å². The van der Waals surface area contributed by atoms with Crippen LogP contribution in [0.15, 0.2) is 120 Å². The molecule has 52 heavy (non-hydrogen) atoms. The number of thioether (sulfide) groups is 1. The van der Waals surface area contributed by atoms with Gasteiger partial charge < -0.3 is 20.7 Å². The zero-order valence-electron chi connectivity index (χ0n) is 29.1. The molecule has 3 amide bonds. The van der Waals surface area contributed by atoms with Gasteiger partial charge in [-0.15, -0.1) is 23.1 Å². The van der Waals surface area contributed by atoms with Gasteiger partial charge in [0.2, 0.25) is 5.91 Å². The summed E-state index contributed by atoms with van der Waals surface area (Å²) in [4.78, 5) is 55.1. The lowest BCUT2D eigenvalue weighted by Gasteiger charge is -2.22. The van der Waals surface area contributed by atoms with Crippen LogP contribution in [0, 0.1) is 6.92 Å². The van der Waals surface area contributed by atoms with E-state index in [1.165, 1.54) is 35.8 Å². The Labute approximate surface area is 311 Å². The number of aryl methyl sites for hydroxylation is 1. The summed E-state index contributed by atoms with van der Waals surface area (Å²) in [5.74, 6) is -1.26. The average Bonchev–Trinajstić information content (AvgIpc) is 3.52. The number of rotatable bonds is 11. The summed E-state index contributed by atoms with van der Waals surface area (Å²) in [5.41, 5.74) is 5.42. The van der Waals surface area contributed by atoms with Gasteiger partial charge in [-0.3, -0.25) is 14.4 Å². The maximum Gasteiger partial charge on any atom is 0.341 e. The second-order valence-corrected chi connectivity index (χ2v) is 15.0. The normalized spacial score (nSPS) is 14.4. The van der Waals surface area contributed by atoms with E-state index in [4.69, 9.17) is 4.74 Å². The van der Waals surface area contributed by atoms with Gasteiger partial charge in [0.15, 0.2) is 0 Å². The Morgan fingerprint density at radius 1 is 0.885 bits per heavy atom. The van der Waals surface area contributed by atoms with E-state index in [9.17, 15) is 19.2 Å². The Bertz CT molecular complexity index is 2130. The third-order valence-electron chi connectivity index (χ3n) is 8.95. The molecule has 0 bridgehead atoms. The summed E-state index contributed by atoms with van der Waals surface area (Å²) in [7, 11) is 1.36. The number of ether oxygens (including phenoxy) is 1. The van der Waals surface area contributed by atoms with E-state index in [1.54, 1.807) is 55.5 Å². The van der Waals surface area contributed by atoms with E-state index in [-0.39, 0.29) is 11.6 Å². The highest BCUT2D eigenvalue weighted by Crippen LogP contribution is 2.43. The Morgan fingerprint density at radius 3 is 2.33 bits per heavy atom. The second-order valence-electron chi connectivity index (χ2n) is 12.5. The molecule has 2 unspecified atom stereocenters. The number of esters is 1. The Kier molecular flexibility index (Phi) is 11.7. The van der Waals surface area contributed by atoms with E-state index in [0.29, 0.717) is 27.7 Å². The Hall–Kier alpha value is -5.45. The van der Waals surface area contributed by atoms with Crippen LogP contribution in [0.2, 0.25) is 0 Å². The zero-order valence-corrected chi connectivity index (χ0v) is 30.7. The molecule has 3 N–H and O–H groups in total. The van der Waals surface area contributed by atoms with Crippen molar-refractivity contribution in [2.45, 2.75) is 49.2 Å². The molecule has 0 aliphatic heterocycles. The first-order valence-corrected chi connectivity index (χ1v) is 18.7. The summed E-state index contributed by atoms with van der Waals surface area (Å²) >= 11 is 2.77. The van der Waals surface area contributed by atoms with Crippen molar-refractivity contribution >= 4 is 63.6 Å². The van der Waals surface area contributed by atoms with Crippen molar-refractivity contribution in [1.29, 1.82) is 0 Å². The number of carbonyl (C=O) groups is 4. The minimum atomic E-state index is -0.533. The molecular weight excluding hydrogens is 691 g/mol. The van der Waals surface area contributed by atoms with Crippen LogP contribution in [0.1, 0.15) is 67.1 Å². The van der Waals surface area contributed by atoms with Crippen molar-refractivity contribution in [2.24, 2.45) is 0 Å². The third kappa shape index (κ3) is 8.70. The highest BCUT2D eigenvalue weighted by Gasteiger charge is 2.31. The van der Waals surface area contributed by atoms with Gasteiger partial charge in [0.05, 0.1) is 17.9 Å². The molecule has 4 aromatic carbocycles. The van der Waals surface area contributed by atoms with Gasteiger partial charge >= 0.3 is 5.97 Å². The SMILES string of the molecule is COC(=O)c1c(NC(=O)C(C)Sc2cccc(NC(=O)/C(=C/c3ccccc3C)NC(=O)c3ccccc3)c2)sc2c1CCC(c1ccccc1)C2. The maximum absolute atomic E-state index is 13.6. The Morgan fingerprint density at radius 2 is 1.60 bits per heavy atom. The van der Waals surface area contributed by atoms with Gasteiger partial charge in [0.25, 0.3) is 11.8 Å². The minimum Gasteiger partial charge on any atom is -0.465 e. The van der Waals surface area contributed by atoms with Gasteiger partial charge in [0, 0.05) is 21.0 Å². The summed E-state index contributed by atoms with van der Waals surface area (Å²) < 4.78 is 5.14. The number of anilines is 2. The monoisotopic (exact) mass is 729 g/mol. The first-order valence-electron chi connectivity index (χ1n) is 17.0. The van der Waals surface area contributed by atoms with Crippen molar-refractivity contribution in [3.63, 3.8) is 0 Å². The molecule has 1 aliphatic rings. The fourth-order valence-electron chi connectivity index (χ4n) is 6.17. The number of hydrogen-bond acceptors (Lipinski definition) is 7. The van der Waals surface area contributed by atoms with Gasteiger partial charge in [0.1, 0.15) is 10.7 Å². The van der Waals surface area contributed by atoms with Crippen LogP contribution < -0.4 is 16.0 Å². The highest BCUT2D eigenvalue weighted by atomic mass is 32.2. The highest BCUT2D eigenvalue weighted by molar-refractivity contribution is 8.00. The third-order valence-corrected chi connectivity index (χ3v) is 11.2. The van der Waals surface area contributed by atoms with Crippen molar-refractivity contribution in [3.05, 3.63) is 153 Å². The number of benzene rings is 4. The molecule has 0 saturated carbocycles. The number of fused-ring (bicyclic) bond motifs is 1. The molecule has 2 atom stereocenters. The molecule has 6 rings (SSSR count). The standard InChI is InChI=1S/C42H39N3O5S2/c1-26-13-10-11-18-30(26)23-35(44-39(47)29-16-8-5-9-17-29)40(48)43-32-19-12-20-33(25-32)51-27(2)38(46)45-41-37(42(49)50-3)34-22-21-31(24-36(34)52-41)28-14-6-4-7-15-28/h4-20,23,25,27,31H,21-22,24H2,1-3H3,(H,43,48)(H,44,47)(H,45,46)/b35-23-. The number of amides is 3. The van der Waals surface area contributed by atoms with Crippen LogP contribution in [-0.4, -0.2) is 36.1 Å². The van der Waals surface area contributed by atoms with Crippen LogP contribution in [-0.2, 0) is 27.2 Å². The largest absolute Gasteiger partial charge is 0.465 e. The van der Waals surface area contributed by atoms with E-state index < -0.39 is 23.0 Å². The zero-order chi connectivity index (χ0) is 36.6. The molecule has 0 spiro atoms. The van der Waals surface area contributed by atoms with Crippen LogP contribution in [0.25, 0.3) is 6.08 Å². The van der Waals surface area contributed by atoms with Crippen molar-refractivity contribution < 1.29 is 23.9 Å². The van der Waals surface area contributed by atoms with Gasteiger partial charge in [-0.05, 0) is 97.7 Å². The predicted octanol–water partition coefficient (Wildman–Crippen LogP) is 8.64. The van der Waals surface area contributed by atoms with Crippen LogP contribution >= 0.6 is 23.1 Å². The first-order chi connectivity index (χ1) is 25.2. The average molecular weight is 730 g/mol.